The first-order valence-corrected chi connectivity index (χ1v) is 12.9. The van der Waals surface area contributed by atoms with Gasteiger partial charge in [0.1, 0.15) is 11.9 Å². The molecule has 1 aromatic rings. The quantitative estimate of drug-likeness (QED) is 0.245. The molecular formula is C23H40N4O3S. The number of aromatic nitrogens is 2. The molecule has 1 aromatic heterocycles. The Labute approximate surface area is 191 Å². The molecule has 1 unspecified atom stereocenters. The van der Waals surface area contributed by atoms with E-state index in [0.717, 1.165) is 31.4 Å². The first-order valence-electron chi connectivity index (χ1n) is 11.7. The maximum Gasteiger partial charge on any atom is 0.242 e. The van der Waals surface area contributed by atoms with Crippen molar-refractivity contribution in [3.63, 3.8) is 0 Å². The number of anilines is 1. The standard InChI is InChI=1S/C23H40N4O3S/c1-5-29-13-9-12-24-22(28)20(14-17(2)3)26-21-15-18(25-23(27-21)31-4)16-30-19-10-7-6-8-11-19/h15,17,19-20H,5-14,16H2,1-4H3,(H,24,28)(H,25,26,27). The van der Waals surface area contributed by atoms with Crippen molar-refractivity contribution in [2.45, 2.75) is 89.6 Å². The number of nitrogens with one attached hydrogen (secondary N) is 2. The van der Waals surface area contributed by atoms with Crippen LogP contribution in [0.4, 0.5) is 5.82 Å². The van der Waals surface area contributed by atoms with Gasteiger partial charge in [0.05, 0.1) is 18.4 Å². The predicted molar refractivity (Wildman–Crippen MR) is 126 cm³/mol. The maximum absolute atomic E-state index is 12.8. The summed E-state index contributed by atoms with van der Waals surface area (Å²) >= 11 is 1.50. The van der Waals surface area contributed by atoms with Crippen LogP contribution in [0.5, 0.6) is 0 Å². The number of hydrogen-bond acceptors (Lipinski definition) is 7. The lowest BCUT2D eigenvalue weighted by atomic mass is 9.98. The highest BCUT2D eigenvalue weighted by atomic mass is 32.2. The lowest BCUT2D eigenvalue weighted by molar-refractivity contribution is -0.122. The fraction of sp³-hybridized carbons (Fsp3) is 0.783. The molecule has 176 valence electrons. The minimum Gasteiger partial charge on any atom is -0.382 e. The van der Waals surface area contributed by atoms with E-state index in [-0.39, 0.29) is 11.9 Å². The summed E-state index contributed by atoms with van der Waals surface area (Å²) in [5.74, 6) is 1.05. The van der Waals surface area contributed by atoms with Gasteiger partial charge in [-0.05, 0) is 44.8 Å². The molecule has 0 aromatic carbocycles. The lowest BCUT2D eigenvalue weighted by Crippen LogP contribution is -2.41. The Morgan fingerprint density at radius 3 is 2.71 bits per heavy atom. The Morgan fingerprint density at radius 1 is 1.26 bits per heavy atom. The highest BCUT2D eigenvalue weighted by Gasteiger charge is 2.21. The molecule has 0 saturated heterocycles. The zero-order valence-electron chi connectivity index (χ0n) is 19.6. The van der Waals surface area contributed by atoms with Crippen molar-refractivity contribution in [3.8, 4) is 0 Å². The minimum absolute atomic E-state index is 0.00508. The molecule has 8 heteroatoms. The Hall–Kier alpha value is -1.38. The molecule has 1 heterocycles. The van der Waals surface area contributed by atoms with Crippen LogP contribution < -0.4 is 10.6 Å². The molecule has 1 fully saturated rings. The normalized spacial score (nSPS) is 15.8. The second-order valence-electron chi connectivity index (χ2n) is 8.47. The molecule has 1 aliphatic rings. The number of hydrogen-bond donors (Lipinski definition) is 2. The van der Waals surface area contributed by atoms with Gasteiger partial charge in [0.2, 0.25) is 5.91 Å². The Balaban J connectivity index is 1.99. The summed E-state index contributed by atoms with van der Waals surface area (Å²) in [5.41, 5.74) is 0.854. The van der Waals surface area contributed by atoms with E-state index in [9.17, 15) is 4.79 Å². The van der Waals surface area contributed by atoms with Crippen LogP contribution >= 0.6 is 11.8 Å². The van der Waals surface area contributed by atoms with E-state index in [4.69, 9.17) is 9.47 Å². The SMILES string of the molecule is CCOCCCNC(=O)C(CC(C)C)Nc1cc(COC2CCCCC2)nc(SC)n1. The van der Waals surface area contributed by atoms with Crippen LogP contribution in [0, 0.1) is 5.92 Å². The number of carbonyl (C=O) groups excluding carboxylic acids is 1. The van der Waals surface area contributed by atoms with Crippen LogP contribution in [0.3, 0.4) is 0 Å². The number of thioether (sulfide) groups is 1. The van der Waals surface area contributed by atoms with Gasteiger partial charge in [0.25, 0.3) is 0 Å². The summed E-state index contributed by atoms with van der Waals surface area (Å²) in [4.78, 5) is 22.0. The molecular weight excluding hydrogens is 412 g/mol. The van der Waals surface area contributed by atoms with E-state index in [2.05, 4.69) is 34.4 Å². The average molecular weight is 453 g/mol. The van der Waals surface area contributed by atoms with Crippen molar-refractivity contribution in [2.75, 3.05) is 31.3 Å². The molecule has 0 bridgehead atoms. The van der Waals surface area contributed by atoms with Crippen molar-refractivity contribution < 1.29 is 14.3 Å². The van der Waals surface area contributed by atoms with Gasteiger partial charge in [-0.3, -0.25) is 4.79 Å². The van der Waals surface area contributed by atoms with Gasteiger partial charge in [-0.2, -0.15) is 0 Å². The Kier molecular flexibility index (Phi) is 12.2. The molecule has 1 atom stereocenters. The molecule has 1 amide bonds. The van der Waals surface area contributed by atoms with Crippen molar-refractivity contribution in [2.24, 2.45) is 5.92 Å². The molecule has 0 aliphatic heterocycles. The van der Waals surface area contributed by atoms with E-state index in [1.807, 2.05) is 19.2 Å². The molecule has 1 aliphatic carbocycles. The van der Waals surface area contributed by atoms with Crippen molar-refractivity contribution in [1.29, 1.82) is 0 Å². The summed E-state index contributed by atoms with van der Waals surface area (Å²) in [6.07, 6.45) is 9.88. The number of ether oxygens (including phenoxy) is 2. The fourth-order valence-corrected chi connectivity index (χ4v) is 4.08. The monoisotopic (exact) mass is 452 g/mol. The van der Waals surface area contributed by atoms with Gasteiger partial charge >= 0.3 is 0 Å². The highest BCUT2D eigenvalue weighted by Crippen LogP contribution is 2.22. The van der Waals surface area contributed by atoms with Crippen molar-refractivity contribution in [1.82, 2.24) is 15.3 Å². The average Bonchev–Trinajstić information content (AvgIpc) is 2.77. The molecule has 2 rings (SSSR count). The third-order valence-corrected chi connectivity index (χ3v) is 5.82. The van der Waals surface area contributed by atoms with Gasteiger partial charge in [-0.15, -0.1) is 0 Å². The summed E-state index contributed by atoms with van der Waals surface area (Å²) < 4.78 is 11.5. The molecule has 2 N–H and O–H groups in total. The van der Waals surface area contributed by atoms with E-state index in [0.29, 0.717) is 49.4 Å². The topological polar surface area (TPSA) is 85.4 Å². The third-order valence-electron chi connectivity index (χ3n) is 5.27. The van der Waals surface area contributed by atoms with Crippen LogP contribution in [0.1, 0.15) is 71.4 Å². The van der Waals surface area contributed by atoms with E-state index >= 15 is 0 Å². The largest absolute Gasteiger partial charge is 0.382 e. The van der Waals surface area contributed by atoms with Crippen molar-refractivity contribution in [3.05, 3.63) is 11.8 Å². The van der Waals surface area contributed by atoms with E-state index in [1.165, 1.54) is 31.0 Å². The van der Waals surface area contributed by atoms with Crippen LogP contribution in [0.15, 0.2) is 11.2 Å². The molecule has 0 radical (unpaired) electrons. The maximum atomic E-state index is 12.8. The number of carbonyl (C=O) groups is 1. The van der Waals surface area contributed by atoms with Gasteiger partial charge in [-0.25, -0.2) is 9.97 Å². The van der Waals surface area contributed by atoms with Gasteiger partial charge < -0.3 is 20.1 Å². The summed E-state index contributed by atoms with van der Waals surface area (Å²) in [6, 6.07) is 1.57. The molecule has 1 saturated carbocycles. The zero-order chi connectivity index (χ0) is 22.5. The van der Waals surface area contributed by atoms with Crippen molar-refractivity contribution >= 4 is 23.5 Å². The first-order chi connectivity index (χ1) is 15.0. The molecule has 7 nitrogen and oxygen atoms in total. The minimum atomic E-state index is -0.344. The number of rotatable bonds is 14. The lowest BCUT2D eigenvalue weighted by Gasteiger charge is -2.23. The summed E-state index contributed by atoms with van der Waals surface area (Å²) in [6.45, 7) is 8.65. The van der Waals surface area contributed by atoms with Crippen LogP contribution in [0.2, 0.25) is 0 Å². The van der Waals surface area contributed by atoms with Crippen LogP contribution in [0.25, 0.3) is 0 Å². The first kappa shape index (κ1) is 25.9. The number of amides is 1. The van der Waals surface area contributed by atoms with Gasteiger partial charge in [0, 0.05) is 25.8 Å². The molecule has 31 heavy (non-hydrogen) atoms. The molecule has 0 spiro atoms. The highest BCUT2D eigenvalue weighted by molar-refractivity contribution is 7.98. The van der Waals surface area contributed by atoms with Gasteiger partial charge in [-0.1, -0.05) is 44.9 Å². The van der Waals surface area contributed by atoms with Crippen LogP contribution in [-0.4, -0.2) is 54.0 Å². The van der Waals surface area contributed by atoms with E-state index in [1.54, 1.807) is 0 Å². The fourth-order valence-electron chi connectivity index (χ4n) is 3.68. The van der Waals surface area contributed by atoms with Gasteiger partial charge in [0.15, 0.2) is 5.16 Å². The second kappa shape index (κ2) is 14.6. The second-order valence-corrected chi connectivity index (χ2v) is 9.24. The smallest absolute Gasteiger partial charge is 0.242 e. The summed E-state index contributed by atoms with van der Waals surface area (Å²) in [7, 11) is 0. The number of nitrogens with zero attached hydrogens (tertiary/aromatic N) is 2. The predicted octanol–water partition coefficient (Wildman–Crippen LogP) is 4.42. The Bertz CT molecular complexity index is 654. The van der Waals surface area contributed by atoms with Crippen LogP contribution in [-0.2, 0) is 20.9 Å². The van der Waals surface area contributed by atoms with E-state index < -0.39 is 0 Å². The Morgan fingerprint density at radius 2 is 2.03 bits per heavy atom. The summed E-state index contributed by atoms with van der Waals surface area (Å²) in [5, 5.41) is 7.06. The zero-order valence-corrected chi connectivity index (χ0v) is 20.4. The third kappa shape index (κ3) is 10.2.